The molecule has 1 atom stereocenters. The summed E-state index contributed by atoms with van der Waals surface area (Å²) in [4.78, 5) is 3.97. The summed E-state index contributed by atoms with van der Waals surface area (Å²) in [6.45, 7) is 0.219. The van der Waals surface area contributed by atoms with E-state index in [4.69, 9.17) is 15.0 Å². The summed E-state index contributed by atoms with van der Waals surface area (Å²) in [6.07, 6.45) is 0. The minimum atomic E-state index is -0.717. The standard InChI is InChI=1S/C11H11F2N3O2/c1-17-5-9(14)10-15-11(18-16-10)6-2-7(12)4-8(13)3-6/h2-4,9H,5,14H2,1H3. The van der Waals surface area contributed by atoms with E-state index < -0.39 is 17.7 Å². The highest BCUT2D eigenvalue weighted by molar-refractivity contribution is 5.52. The van der Waals surface area contributed by atoms with E-state index in [0.717, 1.165) is 18.2 Å². The number of rotatable bonds is 4. The van der Waals surface area contributed by atoms with Crippen LogP contribution < -0.4 is 5.73 Å². The predicted octanol–water partition coefficient (Wildman–Crippen LogP) is 1.66. The van der Waals surface area contributed by atoms with Gasteiger partial charge in [-0.05, 0) is 12.1 Å². The molecule has 1 unspecified atom stereocenters. The summed E-state index contributed by atoms with van der Waals surface area (Å²) in [7, 11) is 1.49. The number of benzene rings is 1. The zero-order valence-corrected chi connectivity index (χ0v) is 9.56. The molecule has 1 heterocycles. The van der Waals surface area contributed by atoms with Crippen molar-refractivity contribution >= 4 is 0 Å². The second-order valence-electron chi connectivity index (χ2n) is 3.68. The molecule has 0 saturated carbocycles. The Labute approximate surface area is 102 Å². The lowest BCUT2D eigenvalue weighted by atomic mass is 10.2. The van der Waals surface area contributed by atoms with E-state index in [0.29, 0.717) is 0 Å². The van der Waals surface area contributed by atoms with Crippen LogP contribution >= 0.6 is 0 Å². The Hall–Kier alpha value is -1.86. The number of nitrogens with zero attached hydrogens (tertiary/aromatic N) is 2. The van der Waals surface area contributed by atoms with E-state index in [1.807, 2.05) is 0 Å². The minimum Gasteiger partial charge on any atom is -0.383 e. The highest BCUT2D eigenvalue weighted by Crippen LogP contribution is 2.21. The highest BCUT2D eigenvalue weighted by atomic mass is 19.1. The molecule has 1 aromatic carbocycles. The van der Waals surface area contributed by atoms with Crippen molar-refractivity contribution in [1.82, 2.24) is 10.1 Å². The first kappa shape index (κ1) is 12.6. The van der Waals surface area contributed by atoms with E-state index in [-0.39, 0.29) is 23.9 Å². The largest absolute Gasteiger partial charge is 0.383 e. The van der Waals surface area contributed by atoms with Gasteiger partial charge in [0.1, 0.15) is 11.6 Å². The number of methoxy groups -OCH3 is 1. The Balaban J connectivity index is 2.29. The first-order valence-corrected chi connectivity index (χ1v) is 5.14. The van der Waals surface area contributed by atoms with Gasteiger partial charge in [0.15, 0.2) is 5.82 Å². The summed E-state index contributed by atoms with van der Waals surface area (Å²) >= 11 is 0. The lowest BCUT2D eigenvalue weighted by molar-refractivity contribution is 0.177. The van der Waals surface area contributed by atoms with Crippen LogP contribution in [0.2, 0.25) is 0 Å². The fourth-order valence-corrected chi connectivity index (χ4v) is 1.43. The second-order valence-corrected chi connectivity index (χ2v) is 3.68. The molecule has 0 saturated heterocycles. The van der Waals surface area contributed by atoms with Gasteiger partial charge in [-0.25, -0.2) is 8.78 Å². The van der Waals surface area contributed by atoms with Crippen LogP contribution in [0.15, 0.2) is 22.7 Å². The first-order valence-electron chi connectivity index (χ1n) is 5.14. The van der Waals surface area contributed by atoms with Crippen molar-refractivity contribution in [1.29, 1.82) is 0 Å². The van der Waals surface area contributed by atoms with Gasteiger partial charge in [0, 0.05) is 18.7 Å². The molecule has 96 valence electrons. The quantitative estimate of drug-likeness (QED) is 0.899. The molecule has 2 aromatic rings. The van der Waals surface area contributed by atoms with Crippen molar-refractivity contribution in [2.24, 2.45) is 5.73 Å². The van der Waals surface area contributed by atoms with Crippen LogP contribution in [-0.2, 0) is 4.74 Å². The van der Waals surface area contributed by atoms with Gasteiger partial charge < -0.3 is 15.0 Å². The van der Waals surface area contributed by atoms with E-state index in [9.17, 15) is 8.78 Å². The van der Waals surface area contributed by atoms with Gasteiger partial charge in [0.25, 0.3) is 5.89 Å². The zero-order chi connectivity index (χ0) is 13.1. The number of ether oxygens (including phenoxy) is 1. The number of halogens is 2. The third kappa shape index (κ3) is 2.69. The summed E-state index contributed by atoms with van der Waals surface area (Å²) in [5.41, 5.74) is 5.86. The smallest absolute Gasteiger partial charge is 0.258 e. The van der Waals surface area contributed by atoms with Crippen molar-refractivity contribution in [3.8, 4) is 11.5 Å². The Morgan fingerprint density at radius 3 is 2.61 bits per heavy atom. The Bertz CT molecular complexity index is 525. The van der Waals surface area contributed by atoms with Crippen LogP contribution in [0.4, 0.5) is 8.78 Å². The van der Waals surface area contributed by atoms with Gasteiger partial charge >= 0.3 is 0 Å². The number of nitrogens with two attached hydrogens (primary N) is 1. The Morgan fingerprint density at radius 2 is 2.00 bits per heavy atom. The maximum Gasteiger partial charge on any atom is 0.258 e. The lowest BCUT2D eigenvalue weighted by Gasteiger charge is -2.03. The third-order valence-electron chi connectivity index (χ3n) is 2.23. The van der Waals surface area contributed by atoms with E-state index in [2.05, 4.69) is 10.1 Å². The fraction of sp³-hybridized carbons (Fsp3) is 0.273. The molecular formula is C11H11F2N3O2. The van der Waals surface area contributed by atoms with Crippen LogP contribution in [0.5, 0.6) is 0 Å². The summed E-state index contributed by atoms with van der Waals surface area (Å²) < 4.78 is 35.8. The normalized spacial score (nSPS) is 12.7. The molecule has 2 N–H and O–H groups in total. The van der Waals surface area contributed by atoms with Gasteiger partial charge in [0.05, 0.1) is 12.6 Å². The fourth-order valence-electron chi connectivity index (χ4n) is 1.43. The predicted molar refractivity (Wildman–Crippen MR) is 58.5 cm³/mol. The Morgan fingerprint density at radius 1 is 1.33 bits per heavy atom. The van der Waals surface area contributed by atoms with Crippen molar-refractivity contribution in [2.75, 3.05) is 13.7 Å². The topological polar surface area (TPSA) is 74.2 Å². The van der Waals surface area contributed by atoms with Gasteiger partial charge in [-0.3, -0.25) is 0 Å². The van der Waals surface area contributed by atoms with Crippen LogP contribution in [0.3, 0.4) is 0 Å². The van der Waals surface area contributed by atoms with Crippen molar-refractivity contribution < 1.29 is 18.0 Å². The molecule has 0 aliphatic rings. The highest BCUT2D eigenvalue weighted by Gasteiger charge is 2.16. The molecule has 2 rings (SSSR count). The molecule has 18 heavy (non-hydrogen) atoms. The molecule has 0 aliphatic heterocycles. The molecular weight excluding hydrogens is 244 g/mol. The van der Waals surface area contributed by atoms with Crippen molar-refractivity contribution in [2.45, 2.75) is 6.04 Å². The van der Waals surface area contributed by atoms with Gasteiger partial charge in [-0.15, -0.1) is 0 Å². The number of aromatic nitrogens is 2. The molecule has 0 radical (unpaired) electrons. The average molecular weight is 255 g/mol. The molecule has 0 spiro atoms. The van der Waals surface area contributed by atoms with Crippen LogP contribution in [-0.4, -0.2) is 23.9 Å². The van der Waals surface area contributed by atoms with Gasteiger partial charge in [0.2, 0.25) is 0 Å². The zero-order valence-electron chi connectivity index (χ0n) is 9.56. The SMILES string of the molecule is COCC(N)c1noc(-c2cc(F)cc(F)c2)n1. The first-order chi connectivity index (χ1) is 8.60. The number of hydrogen-bond acceptors (Lipinski definition) is 5. The molecule has 0 amide bonds. The third-order valence-corrected chi connectivity index (χ3v) is 2.23. The van der Waals surface area contributed by atoms with E-state index in [1.54, 1.807) is 0 Å². The summed E-state index contributed by atoms with van der Waals surface area (Å²) in [6, 6.07) is 2.41. The lowest BCUT2D eigenvalue weighted by Crippen LogP contribution is -2.17. The summed E-state index contributed by atoms with van der Waals surface area (Å²) in [5, 5.41) is 3.63. The number of hydrogen-bond donors (Lipinski definition) is 1. The molecule has 0 fully saturated rings. The van der Waals surface area contributed by atoms with E-state index in [1.165, 1.54) is 7.11 Å². The van der Waals surface area contributed by atoms with Gasteiger partial charge in [-0.1, -0.05) is 5.16 Å². The molecule has 1 aromatic heterocycles. The molecule has 0 bridgehead atoms. The van der Waals surface area contributed by atoms with Gasteiger partial charge in [-0.2, -0.15) is 4.98 Å². The average Bonchev–Trinajstić information content (AvgIpc) is 2.77. The monoisotopic (exact) mass is 255 g/mol. The van der Waals surface area contributed by atoms with Crippen LogP contribution in [0, 0.1) is 11.6 Å². The maximum absolute atomic E-state index is 13.0. The summed E-state index contributed by atoms with van der Waals surface area (Å²) in [5.74, 6) is -1.21. The van der Waals surface area contributed by atoms with Crippen molar-refractivity contribution in [3.63, 3.8) is 0 Å². The van der Waals surface area contributed by atoms with Crippen LogP contribution in [0.1, 0.15) is 11.9 Å². The van der Waals surface area contributed by atoms with Crippen LogP contribution in [0.25, 0.3) is 11.5 Å². The minimum absolute atomic E-state index is 0.00922. The van der Waals surface area contributed by atoms with Crippen molar-refractivity contribution in [3.05, 3.63) is 35.7 Å². The molecule has 7 heteroatoms. The Kier molecular flexibility index (Phi) is 3.63. The maximum atomic E-state index is 13.0. The molecule has 0 aliphatic carbocycles. The molecule has 5 nitrogen and oxygen atoms in total. The van der Waals surface area contributed by atoms with E-state index >= 15 is 0 Å². The second kappa shape index (κ2) is 5.19.